The van der Waals surface area contributed by atoms with Gasteiger partial charge in [0.25, 0.3) is 5.91 Å². The zero-order valence-corrected chi connectivity index (χ0v) is 17.5. The van der Waals surface area contributed by atoms with Crippen LogP contribution in [0.15, 0.2) is 18.3 Å². The van der Waals surface area contributed by atoms with Gasteiger partial charge in [-0.05, 0) is 36.8 Å². The Kier molecular flexibility index (Phi) is 8.63. The van der Waals surface area contributed by atoms with Gasteiger partial charge < -0.3 is 24.2 Å². The maximum atomic E-state index is 12.8. The molecule has 31 heavy (non-hydrogen) atoms. The molecule has 1 N–H and O–H groups in total. The molecule has 0 saturated carbocycles. The summed E-state index contributed by atoms with van der Waals surface area (Å²) in [6.07, 6.45) is -0.394. The number of piperidine rings is 1. The van der Waals surface area contributed by atoms with E-state index in [1.807, 2.05) is 4.90 Å². The number of carboxylic acid groups (broad SMARTS) is 1. The highest BCUT2D eigenvalue weighted by Gasteiger charge is 2.44. The van der Waals surface area contributed by atoms with E-state index in [1.54, 1.807) is 32.5 Å². The monoisotopic (exact) mass is 448 g/mol. The van der Waals surface area contributed by atoms with E-state index in [-0.39, 0.29) is 11.3 Å². The minimum absolute atomic E-state index is 0.00477. The molecule has 2 fully saturated rings. The van der Waals surface area contributed by atoms with Gasteiger partial charge in [0.05, 0.1) is 20.3 Å². The predicted octanol–water partition coefficient (Wildman–Crippen LogP) is 2.63. The molecule has 0 aliphatic carbocycles. The lowest BCUT2D eigenvalue weighted by Gasteiger charge is -2.48. The molecule has 1 unspecified atom stereocenters. The smallest absolute Gasteiger partial charge is 0.480 e. The van der Waals surface area contributed by atoms with Crippen LogP contribution in [0.1, 0.15) is 29.6 Å². The average molecular weight is 448 g/mol. The molecule has 1 aromatic heterocycles. The number of carboxylic acids is 1. The van der Waals surface area contributed by atoms with Crippen LogP contribution in [0.4, 0.5) is 13.2 Å². The molecular weight excluding hydrogens is 421 g/mol. The van der Waals surface area contributed by atoms with Gasteiger partial charge in [-0.15, -0.1) is 0 Å². The number of amides is 1. The van der Waals surface area contributed by atoms with E-state index < -0.39 is 12.1 Å². The summed E-state index contributed by atoms with van der Waals surface area (Å²) in [5.41, 5.74) is 0.778. The zero-order valence-electron chi connectivity index (χ0n) is 17.5. The standard InChI is InChI=1S/C18H26N2O4.C2HF3O2/c1-22-12-14-13-24-11-7-18(14)5-9-20(10-6-18)17(21)15-4-3-8-19-16(15)23-2;3-2(4,5)1(6)7/h3-4,8,14H,5-7,9-13H2,1-2H3;(H,6,7). The number of ether oxygens (including phenoxy) is 3. The molecule has 1 aromatic rings. The minimum Gasteiger partial charge on any atom is -0.480 e. The molecule has 174 valence electrons. The van der Waals surface area contributed by atoms with Gasteiger partial charge in [-0.3, -0.25) is 4.79 Å². The Bertz CT molecular complexity index is 749. The second kappa shape index (κ2) is 10.8. The number of aliphatic carboxylic acids is 1. The van der Waals surface area contributed by atoms with E-state index >= 15 is 0 Å². The number of methoxy groups -OCH3 is 2. The van der Waals surface area contributed by atoms with Crippen molar-refractivity contribution in [3.8, 4) is 5.88 Å². The van der Waals surface area contributed by atoms with Crippen molar-refractivity contribution >= 4 is 11.9 Å². The summed E-state index contributed by atoms with van der Waals surface area (Å²) in [6, 6.07) is 3.55. The van der Waals surface area contributed by atoms with Crippen molar-refractivity contribution in [2.24, 2.45) is 11.3 Å². The minimum atomic E-state index is -5.08. The van der Waals surface area contributed by atoms with E-state index in [0.29, 0.717) is 17.4 Å². The third-order valence-electron chi connectivity index (χ3n) is 5.78. The molecule has 1 amide bonds. The largest absolute Gasteiger partial charge is 0.490 e. The number of rotatable bonds is 4. The number of carbonyl (C=O) groups is 2. The van der Waals surface area contributed by atoms with Gasteiger partial charge in [-0.2, -0.15) is 13.2 Å². The van der Waals surface area contributed by atoms with Crippen molar-refractivity contribution in [3.05, 3.63) is 23.9 Å². The second-order valence-corrected chi connectivity index (χ2v) is 7.49. The molecule has 3 rings (SSSR count). The third-order valence-corrected chi connectivity index (χ3v) is 5.78. The van der Waals surface area contributed by atoms with Crippen molar-refractivity contribution in [3.63, 3.8) is 0 Å². The van der Waals surface area contributed by atoms with Crippen LogP contribution in [-0.2, 0) is 14.3 Å². The van der Waals surface area contributed by atoms with Crippen LogP contribution in [0.5, 0.6) is 5.88 Å². The Balaban J connectivity index is 0.000000423. The number of halogens is 3. The van der Waals surface area contributed by atoms with E-state index in [2.05, 4.69) is 4.98 Å². The first kappa shape index (κ1) is 24.9. The van der Waals surface area contributed by atoms with Crippen molar-refractivity contribution in [2.45, 2.75) is 25.4 Å². The quantitative estimate of drug-likeness (QED) is 0.756. The van der Waals surface area contributed by atoms with Crippen LogP contribution < -0.4 is 4.74 Å². The van der Waals surface area contributed by atoms with Crippen LogP contribution in [0.3, 0.4) is 0 Å². The normalized spacial score (nSPS) is 20.5. The van der Waals surface area contributed by atoms with Crippen LogP contribution in [0, 0.1) is 11.3 Å². The molecule has 2 aliphatic heterocycles. The highest BCUT2D eigenvalue weighted by Crippen LogP contribution is 2.45. The number of hydrogen-bond acceptors (Lipinski definition) is 6. The molecule has 0 aromatic carbocycles. The number of alkyl halides is 3. The highest BCUT2D eigenvalue weighted by molar-refractivity contribution is 5.96. The summed E-state index contributed by atoms with van der Waals surface area (Å²) in [4.78, 5) is 27.8. The van der Waals surface area contributed by atoms with Gasteiger partial charge in [0.2, 0.25) is 5.88 Å². The number of carbonyl (C=O) groups excluding carboxylic acids is 1. The molecular formula is C20H27F3N2O6. The molecule has 0 bridgehead atoms. The molecule has 1 atom stereocenters. The second-order valence-electron chi connectivity index (χ2n) is 7.49. The van der Waals surface area contributed by atoms with E-state index in [0.717, 1.165) is 52.2 Å². The summed E-state index contributed by atoms with van der Waals surface area (Å²) in [6.45, 7) is 3.82. The number of hydrogen-bond donors (Lipinski definition) is 1. The SMILES string of the molecule is COCC1COCCC12CCN(C(=O)c1cccnc1OC)CC2.O=C(O)C(F)(F)F. The van der Waals surface area contributed by atoms with Gasteiger partial charge >= 0.3 is 12.1 Å². The number of aromatic nitrogens is 1. The Labute approximate surface area is 178 Å². The fourth-order valence-corrected chi connectivity index (χ4v) is 4.01. The molecule has 11 heteroatoms. The number of nitrogens with zero attached hydrogens (tertiary/aromatic N) is 2. The molecule has 8 nitrogen and oxygen atoms in total. The molecule has 2 aliphatic rings. The van der Waals surface area contributed by atoms with Crippen LogP contribution in [-0.4, -0.2) is 80.2 Å². The van der Waals surface area contributed by atoms with Crippen LogP contribution >= 0.6 is 0 Å². The van der Waals surface area contributed by atoms with Crippen molar-refractivity contribution in [2.75, 3.05) is 47.1 Å². The lowest BCUT2D eigenvalue weighted by Crippen LogP contribution is -2.50. The Morgan fingerprint density at radius 2 is 1.94 bits per heavy atom. The van der Waals surface area contributed by atoms with E-state index in [4.69, 9.17) is 24.1 Å². The lowest BCUT2D eigenvalue weighted by molar-refractivity contribution is -0.192. The first-order valence-corrected chi connectivity index (χ1v) is 9.79. The lowest BCUT2D eigenvalue weighted by atomic mass is 9.66. The van der Waals surface area contributed by atoms with Crippen LogP contribution in [0.25, 0.3) is 0 Å². The maximum Gasteiger partial charge on any atom is 0.490 e. The van der Waals surface area contributed by atoms with E-state index in [1.165, 1.54) is 0 Å². The van der Waals surface area contributed by atoms with Gasteiger partial charge in [0, 0.05) is 38.9 Å². The number of likely N-dealkylation sites (tertiary alicyclic amines) is 1. The Hall–Kier alpha value is -2.40. The Morgan fingerprint density at radius 1 is 1.29 bits per heavy atom. The molecule has 1 spiro atoms. The number of pyridine rings is 1. The topological polar surface area (TPSA) is 98.2 Å². The predicted molar refractivity (Wildman–Crippen MR) is 103 cm³/mol. The van der Waals surface area contributed by atoms with Gasteiger partial charge in [-0.25, -0.2) is 9.78 Å². The molecule has 3 heterocycles. The Morgan fingerprint density at radius 3 is 2.48 bits per heavy atom. The van der Waals surface area contributed by atoms with Gasteiger partial charge in [0.15, 0.2) is 0 Å². The summed E-state index contributed by atoms with van der Waals surface area (Å²) in [5.74, 6) is -1.94. The first-order valence-electron chi connectivity index (χ1n) is 9.79. The van der Waals surface area contributed by atoms with Crippen LogP contribution in [0.2, 0.25) is 0 Å². The molecule has 0 radical (unpaired) electrons. The average Bonchev–Trinajstić information content (AvgIpc) is 2.75. The summed E-state index contributed by atoms with van der Waals surface area (Å²) < 4.78 is 48.0. The first-order chi connectivity index (χ1) is 14.6. The summed E-state index contributed by atoms with van der Waals surface area (Å²) in [5, 5.41) is 7.12. The van der Waals surface area contributed by atoms with Crippen molar-refractivity contribution in [1.29, 1.82) is 0 Å². The molecule has 2 saturated heterocycles. The fraction of sp³-hybridized carbons (Fsp3) is 0.650. The van der Waals surface area contributed by atoms with Gasteiger partial charge in [-0.1, -0.05) is 0 Å². The van der Waals surface area contributed by atoms with E-state index in [9.17, 15) is 18.0 Å². The van der Waals surface area contributed by atoms with Gasteiger partial charge in [0.1, 0.15) is 5.56 Å². The maximum absolute atomic E-state index is 12.8. The highest BCUT2D eigenvalue weighted by atomic mass is 19.4. The summed E-state index contributed by atoms with van der Waals surface area (Å²) in [7, 11) is 3.29. The zero-order chi connectivity index (χ0) is 23.1. The van der Waals surface area contributed by atoms with Crippen molar-refractivity contribution < 1.29 is 42.1 Å². The third kappa shape index (κ3) is 6.30. The van der Waals surface area contributed by atoms with Crippen molar-refractivity contribution in [1.82, 2.24) is 9.88 Å². The fourth-order valence-electron chi connectivity index (χ4n) is 4.01. The summed E-state index contributed by atoms with van der Waals surface area (Å²) >= 11 is 0.